The maximum absolute atomic E-state index is 13.6. The van der Waals surface area contributed by atoms with Crippen molar-refractivity contribution in [1.82, 2.24) is 19.7 Å². The van der Waals surface area contributed by atoms with Crippen LogP contribution < -0.4 is 0 Å². The van der Waals surface area contributed by atoms with Crippen molar-refractivity contribution in [3.63, 3.8) is 0 Å². The van der Waals surface area contributed by atoms with Gasteiger partial charge in [0.05, 0.1) is 23.7 Å². The number of hydrogen-bond donors (Lipinski definition) is 0. The second kappa shape index (κ2) is 8.66. The van der Waals surface area contributed by atoms with E-state index in [1.54, 1.807) is 6.07 Å². The Hall–Kier alpha value is -2.57. The molecule has 0 unspecified atom stereocenters. The predicted molar refractivity (Wildman–Crippen MR) is 116 cm³/mol. The molecule has 0 N–H and O–H groups in total. The number of morpholine rings is 1. The number of ether oxygens (including phenoxy) is 1. The molecule has 1 aliphatic heterocycles. The Bertz CT molecular complexity index is 1030. The summed E-state index contributed by atoms with van der Waals surface area (Å²) in [6.45, 7) is 11.7. The van der Waals surface area contributed by atoms with Crippen LogP contribution in [0.15, 0.2) is 42.5 Å². The maximum Gasteiger partial charge on any atom is 0.123 e. The number of benzene rings is 1. The van der Waals surface area contributed by atoms with Gasteiger partial charge < -0.3 is 4.74 Å². The SMILES string of the molecule is Cc1nn(C(C)C)c(C)c1CN1CCO[C@@H](c2cccc(-c3cccc(F)c3)n2)C1. The summed E-state index contributed by atoms with van der Waals surface area (Å²) in [6, 6.07) is 12.8. The number of rotatable bonds is 5. The number of aryl methyl sites for hydroxylation is 1. The van der Waals surface area contributed by atoms with Crippen LogP contribution in [0.4, 0.5) is 4.39 Å². The average Bonchev–Trinajstić information content (AvgIpc) is 3.03. The van der Waals surface area contributed by atoms with Gasteiger partial charge in [-0.1, -0.05) is 18.2 Å². The van der Waals surface area contributed by atoms with Crippen LogP contribution >= 0.6 is 0 Å². The number of hydrogen-bond acceptors (Lipinski definition) is 4. The Kier molecular flexibility index (Phi) is 5.97. The normalized spacial score (nSPS) is 17.6. The fourth-order valence-electron chi connectivity index (χ4n) is 4.12. The number of aromatic nitrogens is 3. The number of nitrogens with zero attached hydrogens (tertiary/aromatic N) is 4. The van der Waals surface area contributed by atoms with E-state index in [0.29, 0.717) is 12.6 Å². The molecular formula is C24H29FN4O. The summed E-state index contributed by atoms with van der Waals surface area (Å²) >= 11 is 0. The lowest BCUT2D eigenvalue weighted by molar-refractivity contribution is -0.0350. The van der Waals surface area contributed by atoms with E-state index in [1.807, 2.05) is 24.3 Å². The van der Waals surface area contributed by atoms with Gasteiger partial charge in [-0.15, -0.1) is 0 Å². The minimum Gasteiger partial charge on any atom is -0.369 e. The fraction of sp³-hybridized carbons (Fsp3) is 0.417. The Morgan fingerprint density at radius 3 is 2.70 bits per heavy atom. The van der Waals surface area contributed by atoms with Crippen LogP contribution in [0.25, 0.3) is 11.3 Å². The highest BCUT2D eigenvalue weighted by Crippen LogP contribution is 2.26. The third-order valence-electron chi connectivity index (χ3n) is 5.72. The molecular weight excluding hydrogens is 379 g/mol. The molecule has 3 aromatic rings. The van der Waals surface area contributed by atoms with Gasteiger partial charge in [0.25, 0.3) is 0 Å². The lowest BCUT2D eigenvalue weighted by Gasteiger charge is -2.32. The number of halogens is 1. The molecule has 1 saturated heterocycles. The van der Waals surface area contributed by atoms with Crippen molar-refractivity contribution in [3.05, 3.63) is 70.9 Å². The summed E-state index contributed by atoms with van der Waals surface area (Å²) < 4.78 is 21.8. The van der Waals surface area contributed by atoms with Crippen molar-refractivity contribution in [1.29, 1.82) is 0 Å². The predicted octanol–water partition coefficient (Wildman–Crippen LogP) is 4.86. The van der Waals surface area contributed by atoms with Gasteiger partial charge >= 0.3 is 0 Å². The first-order valence-corrected chi connectivity index (χ1v) is 10.5. The zero-order valence-electron chi connectivity index (χ0n) is 18.1. The molecule has 1 fully saturated rings. The minimum atomic E-state index is -0.257. The lowest BCUT2D eigenvalue weighted by atomic mass is 10.1. The van der Waals surface area contributed by atoms with Gasteiger partial charge in [-0.05, 0) is 52.0 Å². The highest BCUT2D eigenvalue weighted by Gasteiger charge is 2.25. The Morgan fingerprint density at radius 1 is 1.17 bits per heavy atom. The summed E-state index contributed by atoms with van der Waals surface area (Å²) in [4.78, 5) is 7.19. The van der Waals surface area contributed by atoms with E-state index in [1.165, 1.54) is 23.4 Å². The molecule has 0 amide bonds. The van der Waals surface area contributed by atoms with E-state index in [2.05, 4.69) is 37.3 Å². The Morgan fingerprint density at radius 2 is 1.97 bits per heavy atom. The lowest BCUT2D eigenvalue weighted by Crippen LogP contribution is -2.38. The molecule has 6 heteroatoms. The van der Waals surface area contributed by atoms with Gasteiger partial charge in [-0.2, -0.15) is 5.10 Å². The molecule has 0 bridgehead atoms. The van der Waals surface area contributed by atoms with Crippen LogP contribution in [0.2, 0.25) is 0 Å². The molecule has 30 heavy (non-hydrogen) atoms. The minimum absolute atomic E-state index is 0.104. The summed E-state index contributed by atoms with van der Waals surface area (Å²) in [5.74, 6) is -0.257. The molecule has 5 nitrogen and oxygen atoms in total. The Labute approximate surface area is 177 Å². The third-order valence-corrected chi connectivity index (χ3v) is 5.72. The van der Waals surface area contributed by atoms with Gasteiger partial charge in [0.1, 0.15) is 11.9 Å². The van der Waals surface area contributed by atoms with Crippen LogP contribution in [-0.2, 0) is 11.3 Å². The number of pyridine rings is 1. The van der Waals surface area contributed by atoms with E-state index < -0.39 is 0 Å². The maximum atomic E-state index is 13.6. The van der Waals surface area contributed by atoms with E-state index in [4.69, 9.17) is 14.8 Å². The van der Waals surface area contributed by atoms with Crippen molar-refractivity contribution in [2.24, 2.45) is 0 Å². The van der Waals surface area contributed by atoms with Gasteiger partial charge in [0.15, 0.2) is 0 Å². The van der Waals surface area contributed by atoms with Crippen molar-refractivity contribution in [2.45, 2.75) is 46.4 Å². The molecule has 2 aromatic heterocycles. The van der Waals surface area contributed by atoms with Gasteiger partial charge in [0.2, 0.25) is 0 Å². The smallest absolute Gasteiger partial charge is 0.123 e. The van der Waals surface area contributed by atoms with Crippen LogP contribution in [0.3, 0.4) is 0 Å². The second-order valence-corrected chi connectivity index (χ2v) is 8.24. The van der Waals surface area contributed by atoms with Gasteiger partial charge in [0, 0.05) is 42.5 Å². The molecule has 4 rings (SSSR count). The molecule has 0 spiro atoms. The van der Waals surface area contributed by atoms with Crippen molar-refractivity contribution >= 4 is 0 Å². The average molecular weight is 409 g/mol. The van der Waals surface area contributed by atoms with Crippen LogP contribution in [0, 0.1) is 19.7 Å². The summed E-state index contributed by atoms with van der Waals surface area (Å²) in [6.07, 6.45) is -0.104. The monoisotopic (exact) mass is 408 g/mol. The van der Waals surface area contributed by atoms with E-state index in [0.717, 1.165) is 42.3 Å². The molecule has 0 aliphatic carbocycles. The molecule has 3 heterocycles. The molecule has 1 atom stereocenters. The first-order valence-electron chi connectivity index (χ1n) is 10.5. The fourth-order valence-corrected chi connectivity index (χ4v) is 4.12. The third kappa shape index (κ3) is 4.30. The molecule has 1 aromatic carbocycles. The van der Waals surface area contributed by atoms with Crippen LogP contribution in [-0.4, -0.2) is 39.4 Å². The first-order chi connectivity index (χ1) is 14.4. The largest absolute Gasteiger partial charge is 0.369 e. The topological polar surface area (TPSA) is 43.2 Å². The molecule has 1 aliphatic rings. The Balaban J connectivity index is 1.52. The van der Waals surface area contributed by atoms with Crippen molar-refractivity contribution in [2.75, 3.05) is 19.7 Å². The van der Waals surface area contributed by atoms with Gasteiger partial charge in [-0.3, -0.25) is 14.6 Å². The summed E-state index contributed by atoms with van der Waals surface area (Å²) in [5.41, 5.74) is 6.04. The highest BCUT2D eigenvalue weighted by molar-refractivity contribution is 5.59. The van der Waals surface area contributed by atoms with Crippen molar-refractivity contribution in [3.8, 4) is 11.3 Å². The van der Waals surface area contributed by atoms with Gasteiger partial charge in [-0.25, -0.2) is 4.39 Å². The first kappa shape index (κ1) is 20.7. The molecule has 158 valence electrons. The van der Waals surface area contributed by atoms with Crippen molar-refractivity contribution < 1.29 is 9.13 Å². The highest BCUT2D eigenvalue weighted by atomic mass is 19.1. The zero-order valence-corrected chi connectivity index (χ0v) is 18.1. The molecule has 0 saturated carbocycles. The van der Waals surface area contributed by atoms with E-state index >= 15 is 0 Å². The standard InChI is InChI=1S/C24H29FN4O/c1-16(2)29-18(4)21(17(3)27-29)14-28-11-12-30-24(15-28)23-10-6-9-22(26-23)19-7-5-8-20(25)13-19/h5-10,13,16,24H,11-12,14-15H2,1-4H3/t24-/m1/s1. The van der Waals surface area contributed by atoms with Crippen LogP contribution in [0.5, 0.6) is 0 Å². The van der Waals surface area contributed by atoms with E-state index in [9.17, 15) is 4.39 Å². The summed E-state index contributed by atoms with van der Waals surface area (Å²) in [5, 5.41) is 4.72. The second-order valence-electron chi connectivity index (χ2n) is 8.24. The molecule has 0 radical (unpaired) electrons. The summed E-state index contributed by atoms with van der Waals surface area (Å²) in [7, 11) is 0. The van der Waals surface area contributed by atoms with E-state index in [-0.39, 0.29) is 11.9 Å². The van der Waals surface area contributed by atoms with Crippen LogP contribution in [0.1, 0.15) is 48.6 Å². The quantitative estimate of drug-likeness (QED) is 0.605. The zero-order chi connectivity index (χ0) is 21.3.